The molecule has 6 nitrogen and oxygen atoms in total. The number of aromatic nitrogens is 4. The third kappa shape index (κ3) is 4.45. The smallest absolute Gasteiger partial charge is 0.237 e. The number of methoxy groups -OCH3 is 1. The van der Waals surface area contributed by atoms with Crippen LogP contribution in [-0.2, 0) is 4.74 Å². The van der Waals surface area contributed by atoms with Gasteiger partial charge in [-0.3, -0.25) is 4.57 Å². The monoisotopic (exact) mass is 375 g/mol. The lowest BCUT2D eigenvalue weighted by atomic mass is 10.2. The van der Waals surface area contributed by atoms with E-state index in [-0.39, 0.29) is 24.8 Å². The van der Waals surface area contributed by atoms with Gasteiger partial charge < -0.3 is 10.1 Å². The maximum atomic E-state index is 6.07. The fraction of sp³-hybridized carbons (Fsp3) is 0.214. The molecule has 0 aliphatic carbocycles. The summed E-state index contributed by atoms with van der Waals surface area (Å²) in [7, 11) is 1.66. The van der Waals surface area contributed by atoms with Crippen molar-refractivity contribution in [3.05, 3.63) is 41.9 Å². The quantitative estimate of drug-likeness (QED) is 0.692. The van der Waals surface area contributed by atoms with Crippen molar-refractivity contribution in [2.75, 3.05) is 25.6 Å². The van der Waals surface area contributed by atoms with Crippen LogP contribution < -0.4 is 5.32 Å². The molecule has 2 aromatic heterocycles. The van der Waals surface area contributed by atoms with E-state index in [0.717, 1.165) is 16.7 Å². The molecule has 0 saturated heterocycles. The molecular formula is C14H16Cl3N5O. The molecule has 0 unspecified atom stereocenters. The lowest BCUT2D eigenvalue weighted by molar-refractivity contribution is 0.210. The molecule has 1 aromatic carbocycles. The molecule has 0 fully saturated rings. The standard InChI is InChI=1S/C14H14ClN5O.2ClH/c1-21-7-5-17-13-11-8-10(15)2-3-12(11)18-14(19-13)20-6-4-16-9-20;;/h2-4,6,8-9H,5,7H2,1H3,(H,17,18,19);2*1H. The minimum Gasteiger partial charge on any atom is -0.383 e. The summed E-state index contributed by atoms with van der Waals surface area (Å²) in [6, 6.07) is 5.54. The summed E-state index contributed by atoms with van der Waals surface area (Å²) in [6.45, 7) is 1.24. The largest absolute Gasteiger partial charge is 0.383 e. The Hall–Kier alpha value is -1.60. The Bertz CT molecular complexity index is 752. The lowest BCUT2D eigenvalue weighted by Crippen LogP contribution is -2.11. The second-order valence-corrected chi connectivity index (χ2v) is 4.86. The van der Waals surface area contributed by atoms with Crippen LogP contribution in [0.5, 0.6) is 0 Å². The Morgan fingerprint density at radius 3 is 2.78 bits per heavy atom. The number of imidazole rings is 1. The minimum atomic E-state index is 0. The number of anilines is 1. The van der Waals surface area contributed by atoms with Crippen molar-refractivity contribution in [3.63, 3.8) is 0 Å². The van der Waals surface area contributed by atoms with Crippen molar-refractivity contribution in [1.82, 2.24) is 19.5 Å². The van der Waals surface area contributed by atoms with Gasteiger partial charge in [-0.25, -0.2) is 9.97 Å². The first kappa shape index (κ1) is 19.4. The van der Waals surface area contributed by atoms with Crippen LogP contribution in [0.4, 0.5) is 5.82 Å². The van der Waals surface area contributed by atoms with E-state index >= 15 is 0 Å². The Labute approximate surface area is 151 Å². The predicted octanol–water partition coefficient (Wildman–Crippen LogP) is 3.37. The number of benzene rings is 1. The molecule has 0 atom stereocenters. The Balaban J connectivity index is 0.00000132. The van der Waals surface area contributed by atoms with Crippen molar-refractivity contribution in [1.29, 1.82) is 0 Å². The van der Waals surface area contributed by atoms with E-state index in [4.69, 9.17) is 16.3 Å². The number of hydrogen-bond acceptors (Lipinski definition) is 5. The fourth-order valence-electron chi connectivity index (χ4n) is 1.99. The van der Waals surface area contributed by atoms with Crippen LogP contribution in [0.3, 0.4) is 0 Å². The van der Waals surface area contributed by atoms with Gasteiger partial charge in [-0.05, 0) is 18.2 Å². The first-order valence-electron chi connectivity index (χ1n) is 6.46. The average molecular weight is 377 g/mol. The van der Waals surface area contributed by atoms with Crippen molar-refractivity contribution < 1.29 is 4.74 Å². The highest BCUT2D eigenvalue weighted by atomic mass is 35.5. The molecule has 0 bridgehead atoms. The van der Waals surface area contributed by atoms with Crippen molar-refractivity contribution in [2.24, 2.45) is 0 Å². The molecule has 0 amide bonds. The van der Waals surface area contributed by atoms with Crippen molar-refractivity contribution in [3.8, 4) is 5.95 Å². The third-order valence-electron chi connectivity index (χ3n) is 2.98. The molecule has 0 saturated carbocycles. The van der Waals surface area contributed by atoms with Gasteiger partial charge >= 0.3 is 0 Å². The molecule has 2 heterocycles. The van der Waals surface area contributed by atoms with Crippen LogP contribution in [0.1, 0.15) is 0 Å². The summed E-state index contributed by atoms with van der Waals surface area (Å²) in [4.78, 5) is 13.1. The van der Waals surface area contributed by atoms with Crippen LogP contribution in [0.2, 0.25) is 5.02 Å². The van der Waals surface area contributed by atoms with E-state index < -0.39 is 0 Å². The van der Waals surface area contributed by atoms with Gasteiger partial charge in [0.1, 0.15) is 12.1 Å². The highest BCUT2D eigenvalue weighted by Crippen LogP contribution is 2.24. The Kier molecular flexibility index (Phi) is 7.51. The normalized spacial score (nSPS) is 10.0. The van der Waals surface area contributed by atoms with Crippen LogP contribution in [0, 0.1) is 0 Å². The molecule has 124 valence electrons. The van der Waals surface area contributed by atoms with Crippen molar-refractivity contribution in [2.45, 2.75) is 0 Å². The highest BCUT2D eigenvalue weighted by Gasteiger charge is 2.09. The number of rotatable bonds is 5. The molecule has 0 spiro atoms. The molecular weight excluding hydrogens is 361 g/mol. The molecule has 1 N–H and O–H groups in total. The van der Waals surface area contributed by atoms with Crippen LogP contribution in [0.15, 0.2) is 36.9 Å². The van der Waals surface area contributed by atoms with Gasteiger partial charge in [-0.15, -0.1) is 24.8 Å². The number of nitrogens with one attached hydrogen (secondary N) is 1. The summed E-state index contributed by atoms with van der Waals surface area (Å²) in [5.41, 5.74) is 0.818. The average Bonchev–Trinajstić information content (AvgIpc) is 3.02. The Morgan fingerprint density at radius 1 is 1.26 bits per heavy atom. The molecule has 3 rings (SSSR count). The molecule has 9 heteroatoms. The lowest BCUT2D eigenvalue weighted by Gasteiger charge is -2.11. The van der Waals surface area contributed by atoms with E-state index in [1.54, 1.807) is 30.4 Å². The van der Waals surface area contributed by atoms with E-state index in [9.17, 15) is 0 Å². The Morgan fingerprint density at radius 2 is 2.09 bits per heavy atom. The number of fused-ring (bicyclic) bond motifs is 1. The van der Waals surface area contributed by atoms with Gasteiger partial charge in [0.15, 0.2) is 0 Å². The maximum Gasteiger partial charge on any atom is 0.237 e. The molecule has 23 heavy (non-hydrogen) atoms. The first-order chi connectivity index (χ1) is 10.3. The predicted molar refractivity (Wildman–Crippen MR) is 96.5 cm³/mol. The first-order valence-corrected chi connectivity index (χ1v) is 6.84. The topological polar surface area (TPSA) is 64.9 Å². The fourth-order valence-corrected chi connectivity index (χ4v) is 2.16. The van der Waals surface area contributed by atoms with Gasteiger partial charge in [0.05, 0.1) is 12.1 Å². The van der Waals surface area contributed by atoms with E-state index in [1.807, 2.05) is 18.2 Å². The summed E-state index contributed by atoms with van der Waals surface area (Å²) in [5.74, 6) is 1.28. The van der Waals surface area contributed by atoms with Crippen LogP contribution in [0.25, 0.3) is 16.9 Å². The van der Waals surface area contributed by atoms with Crippen LogP contribution >= 0.6 is 36.4 Å². The van der Waals surface area contributed by atoms with Gasteiger partial charge in [-0.1, -0.05) is 11.6 Å². The van der Waals surface area contributed by atoms with E-state index in [2.05, 4.69) is 20.3 Å². The number of ether oxygens (including phenoxy) is 1. The zero-order chi connectivity index (χ0) is 14.7. The van der Waals surface area contributed by atoms with Crippen LogP contribution in [-0.4, -0.2) is 39.8 Å². The number of halogens is 3. The van der Waals surface area contributed by atoms with Gasteiger partial charge in [-0.2, -0.15) is 4.98 Å². The van der Waals surface area contributed by atoms with E-state index in [1.165, 1.54) is 0 Å². The third-order valence-corrected chi connectivity index (χ3v) is 3.22. The van der Waals surface area contributed by atoms with E-state index in [0.29, 0.717) is 24.1 Å². The summed E-state index contributed by atoms with van der Waals surface area (Å²) < 4.78 is 6.81. The summed E-state index contributed by atoms with van der Waals surface area (Å²) in [5, 5.41) is 4.78. The zero-order valence-corrected chi connectivity index (χ0v) is 14.7. The molecule has 3 aromatic rings. The van der Waals surface area contributed by atoms with Gasteiger partial charge in [0.25, 0.3) is 0 Å². The maximum absolute atomic E-state index is 6.07. The second kappa shape index (κ2) is 8.88. The molecule has 0 aliphatic rings. The second-order valence-electron chi connectivity index (χ2n) is 4.42. The van der Waals surface area contributed by atoms with Crippen molar-refractivity contribution >= 4 is 53.1 Å². The zero-order valence-electron chi connectivity index (χ0n) is 12.3. The summed E-state index contributed by atoms with van der Waals surface area (Å²) >= 11 is 6.07. The summed E-state index contributed by atoms with van der Waals surface area (Å²) in [6.07, 6.45) is 5.15. The van der Waals surface area contributed by atoms with Gasteiger partial charge in [0, 0.05) is 36.5 Å². The SMILES string of the molecule is COCCNc1nc(-n2ccnc2)nc2ccc(Cl)cc12.Cl.Cl. The van der Waals surface area contributed by atoms with Gasteiger partial charge in [0.2, 0.25) is 5.95 Å². The minimum absolute atomic E-state index is 0. The molecule has 0 radical (unpaired) electrons. The number of hydrogen-bond donors (Lipinski definition) is 1. The number of nitrogens with zero attached hydrogens (tertiary/aromatic N) is 4. The highest BCUT2D eigenvalue weighted by molar-refractivity contribution is 6.31. The molecule has 0 aliphatic heterocycles.